The van der Waals surface area contributed by atoms with E-state index in [9.17, 15) is 0 Å². The maximum absolute atomic E-state index is 3.89. The minimum absolute atomic E-state index is 0.431. The van der Waals surface area contributed by atoms with Crippen molar-refractivity contribution in [3.63, 3.8) is 0 Å². The highest BCUT2D eigenvalue weighted by atomic mass is 79.9. The second-order valence-corrected chi connectivity index (χ2v) is 12.0. The Morgan fingerprint density at radius 2 is 1.37 bits per heavy atom. The zero-order valence-corrected chi connectivity index (χ0v) is 22.0. The molecule has 0 saturated carbocycles. The molecule has 1 nitrogen and oxygen atoms in total. The lowest BCUT2D eigenvalue weighted by Crippen LogP contribution is -2.25. The monoisotopic (exact) mass is 577 g/mol. The van der Waals surface area contributed by atoms with Crippen LogP contribution in [0.3, 0.4) is 0 Å². The van der Waals surface area contributed by atoms with Crippen molar-refractivity contribution in [1.29, 1.82) is 0 Å². The first-order valence-electron chi connectivity index (χ1n) is 12.2. The van der Waals surface area contributed by atoms with E-state index in [1.54, 1.807) is 0 Å². The average molecular weight is 579 g/mol. The summed E-state index contributed by atoms with van der Waals surface area (Å²) in [6.45, 7) is 0. The van der Waals surface area contributed by atoms with Crippen molar-refractivity contribution in [1.82, 2.24) is 0 Å². The van der Waals surface area contributed by atoms with Crippen molar-refractivity contribution >= 4 is 80.6 Å². The van der Waals surface area contributed by atoms with Gasteiger partial charge in [-0.1, -0.05) is 105 Å². The Morgan fingerprint density at radius 1 is 0.686 bits per heavy atom. The fourth-order valence-electron chi connectivity index (χ4n) is 6.65. The second-order valence-electron chi connectivity index (χ2n) is 9.92. The molecule has 3 atom stereocenters. The van der Waals surface area contributed by atoms with E-state index in [0.29, 0.717) is 16.8 Å². The lowest BCUT2D eigenvalue weighted by Gasteiger charge is -2.24. The van der Waals surface area contributed by atoms with E-state index in [4.69, 9.17) is 0 Å². The first-order chi connectivity index (χ1) is 17.2. The van der Waals surface area contributed by atoms with Crippen LogP contribution >= 0.6 is 31.9 Å². The van der Waals surface area contributed by atoms with Gasteiger partial charge in [0.25, 0.3) is 0 Å². The minimum atomic E-state index is 0.431. The van der Waals surface area contributed by atoms with Crippen molar-refractivity contribution in [2.75, 3.05) is 5.32 Å². The molecule has 6 aromatic rings. The predicted molar refractivity (Wildman–Crippen MR) is 157 cm³/mol. The van der Waals surface area contributed by atoms with Crippen LogP contribution in [0.4, 0.5) is 5.69 Å². The van der Waals surface area contributed by atoms with Gasteiger partial charge < -0.3 is 5.32 Å². The van der Waals surface area contributed by atoms with Gasteiger partial charge in [-0.2, -0.15) is 0 Å². The molecule has 2 aliphatic rings. The van der Waals surface area contributed by atoms with Gasteiger partial charge in [-0.25, -0.2) is 0 Å². The van der Waals surface area contributed by atoms with Gasteiger partial charge in [0.1, 0.15) is 0 Å². The van der Waals surface area contributed by atoms with Crippen LogP contribution in [0.1, 0.15) is 17.9 Å². The van der Waals surface area contributed by atoms with Gasteiger partial charge in [-0.15, -0.1) is 0 Å². The van der Waals surface area contributed by atoms with Crippen molar-refractivity contribution in [3.05, 3.63) is 101 Å². The molecule has 6 aromatic carbocycles. The molecule has 3 unspecified atom stereocenters. The summed E-state index contributed by atoms with van der Waals surface area (Å²) in [4.78, 5) is 0.442. The van der Waals surface area contributed by atoms with E-state index in [-0.39, 0.29) is 0 Å². The summed E-state index contributed by atoms with van der Waals surface area (Å²) in [5.74, 6) is 0.431. The summed E-state index contributed by atoms with van der Waals surface area (Å²) >= 11 is 7.39. The number of anilines is 1. The standard InChI is InChI=1S/C32H21Br2N/c33-18-9-7-17(8-10-18)20-13-14-24-27-16-29-32(25-12-11-19(34)15-28(25)35-29)26-6-2-5-23(31(26)27)22-4-1-3-21(20)30(22)24/h1-14,16,19,25,28,35H,15H2. The number of fused-ring (bicyclic) bond motifs is 6. The quantitative estimate of drug-likeness (QED) is 0.0885. The summed E-state index contributed by atoms with van der Waals surface area (Å²) in [7, 11) is 0. The van der Waals surface area contributed by atoms with E-state index in [2.05, 4.69) is 128 Å². The third kappa shape index (κ3) is 2.80. The molecule has 1 heterocycles. The number of allylic oxidation sites excluding steroid dienone is 1. The summed E-state index contributed by atoms with van der Waals surface area (Å²) in [5.41, 5.74) is 5.30. The lowest BCUT2D eigenvalue weighted by molar-refractivity contribution is 0.619. The van der Waals surface area contributed by atoms with Gasteiger partial charge in [0.15, 0.2) is 0 Å². The smallest absolute Gasteiger partial charge is 0.0394 e. The van der Waals surface area contributed by atoms with Crippen LogP contribution in [0.5, 0.6) is 0 Å². The highest BCUT2D eigenvalue weighted by Gasteiger charge is 2.36. The number of alkyl halides is 1. The number of rotatable bonds is 1. The van der Waals surface area contributed by atoms with Crippen LogP contribution < -0.4 is 5.32 Å². The topological polar surface area (TPSA) is 12.0 Å². The van der Waals surface area contributed by atoms with Crippen molar-refractivity contribution < 1.29 is 0 Å². The highest BCUT2D eigenvalue weighted by molar-refractivity contribution is 9.10. The summed E-state index contributed by atoms with van der Waals surface area (Å²) in [6, 6.07) is 29.9. The molecule has 8 rings (SSSR count). The molecule has 0 saturated heterocycles. The number of halogens is 2. The predicted octanol–water partition coefficient (Wildman–Crippen LogP) is 9.77. The number of benzene rings is 6. The number of hydrogen-bond donors (Lipinski definition) is 1. The molecule has 0 aromatic heterocycles. The fraction of sp³-hybridized carbons (Fsp3) is 0.125. The molecule has 35 heavy (non-hydrogen) atoms. The highest BCUT2D eigenvalue weighted by Crippen LogP contribution is 2.51. The minimum Gasteiger partial charge on any atom is -0.381 e. The molecule has 0 radical (unpaired) electrons. The largest absolute Gasteiger partial charge is 0.381 e. The normalized spacial score (nSPS) is 21.1. The Hall–Kier alpha value is -2.88. The second kappa shape index (κ2) is 7.32. The Balaban J connectivity index is 1.50. The maximum Gasteiger partial charge on any atom is 0.0394 e. The third-order valence-corrected chi connectivity index (χ3v) is 9.30. The SMILES string of the molecule is Brc1ccc(-c2ccc3c4cc5c(c6cccc(c7cccc2c73)c64)C2C=CC(Br)CC2N5)cc1. The Bertz CT molecular complexity index is 1830. The molecule has 0 bridgehead atoms. The number of hydrogen-bond acceptors (Lipinski definition) is 1. The Kier molecular flexibility index (Phi) is 4.25. The molecule has 1 aliphatic carbocycles. The van der Waals surface area contributed by atoms with Crippen molar-refractivity contribution in [3.8, 4) is 11.1 Å². The molecule has 1 aliphatic heterocycles. The molecule has 1 N–H and O–H groups in total. The van der Waals surface area contributed by atoms with E-state index in [1.165, 1.54) is 65.5 Å². The third-order valence-electron chi connectivity index (χ3n) is 8.09. The average Bonchev–Trinajstić information content (AvgIpc) is 3.24. The fourth-order valence-corrected chi connectivity index (χ4v) is 7.49. The summed E-state index contributed by atoms with van der Waals surface area (Å²) < 4.78 is 1.10. The lowest BCUT2D eigenvalue weighted by atomic mass is 9.82. The van der Waals surface area contributed by atoms with Gasteiger partial charge in [0, 0.05) is 26.9 Å². The van der Waals surface area contributed by atoms with Crippen LogP contribution in [-0.2, 0) is 0 Å². The zero-order chi connectivity index (χ0) is 23.3. The van der Waals surface area contributed by atoms with Gasteiger partial charge in [-0.3, -0.25) is 0 Å². The molecule has 0 spiro atoms. The Labute approximate surface area is 220 Å². The Morgan fingerprint density at radius 3 is 2.17 bits per heavy atom. The summed E-state index contributed by atoms with van der Waals surface area (Å²) in [6.07, 6.45) is 5.84. The summed E-state index contributed by atoms with van der Waals surface area (Å²) in [5, 5.41) is 14.8. The number of nitrogens with one attached hydrogen (secondary N) is 1. The van der Waals surface area contributed by atoms with Crippen molar-refractivity contribution in [2.45, 2.75) is 23.2 Å². The van der Waals surface area contributed by atoms with Gasteiger partial charge >= 0.3 is 0 Å². The molecule has 0 amide bonds. The maximum atomic E-state index is 3.89. The van der Waals surface area contributed by atoms with E-state index in [0.717, 1.165) is 10.9 Å². The molecule has 168 valence electrons. The van der Waals surface area contributed by atoms with Gasteiger partial charge in [-0.05, 0) is 84.4 Å². The molecule has 0 fully saturated rings. The first-order valence-corrected chi connectivity index (χ1v) is 13.9. The van der Waals surface area contributed by atoms with Crippen LogP contribution in [0, 0.1) is 0 Å². The van der Waals surface area contributed by atoms with E-state index < -0.39 is 0 Å². The first kappa shape index (κ1) is 20.3. The van der Waals surface area contributed by atoms with Gasteiger partial charge in [0.05, 0.1) is 0 Å². The molecular weight excluding hydrogens is 558 g/mol. The van der Waals surface area contributed by atoms with Crippen LogP contribution in [-0.4, -0.2) is 10.9 Å². The van der Waals surface area contributed by atoms with Crippen molar-refractivity contribution in [2.24, 2.45) is 0 Å². The molecular formula is C32H21Br2N. The molecule has 3 heteroatoms. The van der Waals surface area contributed by atoms with Crippen LogP contribution in [0.15, 0.2) is 95.5 Å². The van der Waals surface area contributed by atoms with Gasteiger partial charge in [0.2, 0.25) is 0 Å². The van der Waals surface area contributed by atoms with Crippen LogP contribution in [0.25, 0.3) is 54.2 Å². The zero-order valence-electron chi connectivity index (χ0n) is 18.9. The van der Waals surface area contributed by atoms with E-state index in [1.807, 2.05) is 0 Å². The van der Waals surface area contributed by atoms with E-state index >= 15 is 0 Å². The van der Waals surface area contributed by atoms with Crippen LogP contribution in [0.2, 0.25) is 0 Å².